The van der Waals surface area contributed by atoms with Gasteiger partial charge in [-0.1, -0.05) is 11.6 Å². The Morgan fingerprint density at radius 3 is 2.81 bits per heavy atom. The number of benzene rings is 1. The number of carbonyl (C=O) groups is 1. The normalized spacial score (nSPS) is 10.2. The first-order valence-corrected chi connectivity index (χ1v) is 6.89. The lowest BCUT2D eigenvalue weighted by Crippen LogP contribution is -2.15. The molecule has 0 fully saturated rings. The number of hydrogen-bond acceptors (Lipinski definition) is 4. The Labute approximate surface area is 128 Å². The van der Waals surface area contributed by atoms with Crippen LogP contribution in [0, 0.1) is 0 Å². The summed E-state index contributed by atoms with van der Waals surface area (Å²) in [5.41, 5.74) is 7.38. The van der Waals surface area contributed by atoms with E-state index in [1.54, 1.807) is 30.3 Å². The van der Waals surface area contributed by atoms with Gasteiger partial charge in [-0.25, -0.2) is 0 Å². The number of pyridine rings is 1. The summed E-state index contributed by atoms with van der Waals surface area (Å²) in [6, 6.07) is 8.55. The smallest absolute Gasteiger partial charge is 0.230 e. The summed E-state index contributed by atoms with van der Waals surface area (Å²) in [4.78, 5) is 16.0. The van der Waals surface area contributed by atoms with Gasteiger partial charge in [0.05, 0.1) is 29.9 Å². The van der Waals surface area contributed by atoms with Gasteiger partial charge < -0.3 is 15.8 Å². The molecule has 0 bridgehead atoms. The standard InChI is InChI=1S/C15H16ClN3O2/c1-2-21-14-6-5-12(7-13(14)16)19-15(20)8-11-4-3-10(17)9-18-11/h3-7,9H,2,8,17H2,1H3,(H,19,20). The number of amides is 1. The first-order valence-electron chi connectivity index (χ1n) is 6.51. The number of anilines is 2. The molecule has 3 N–H and O–H groups in total. The molecule has 5 nitrogen and oxygen atoms in total. The van der Waals surface area contributed by atoms with E-state index in [1.807, 2.05) is 6.92 Å². The van der Waals surface area contributed by atoms with E-state index < -0.39 is 0 Å². The maximum absolute atomic E-state index is 11.9. The summed E-state index contributed by atoms with van der Waals surface area (Å²) in [5.74, 6) is 0.421. The van der Waals surface area contributed by atoms with E-state index in [0.717, 1.165) is 0 Å². The van der Waals surface area contributed by atoms with Crippen LogP contribution in [0.15, 0.2) is 36.5 Å². The predicted molar refractivity (Wildman–Crippen MR) is 83.6 cm³/mol. The van der Waals surface area contributed by atoms with E-state index in [0.29, 0.717) is 34.4 Å². The van der Waals surface area contributed by atoms with Gasteiger partial charge >= 0.3 is 0 Å². The molecule has 2 rings (SSSR count). The molecule has 110 valence electrons. The summed E-state index contributed by atoms with van der Waals surface area (Å²) in [6.07, 6.45) is 1.70. The molecule has 1 aromatic heterocycles. The monoisotopic (exact) mass is 305 g/mol. The number of nitrogens with zero attached hydrogens (tertiary/aromatic N) is 1. The van der Waals surface area contributed by atoms with Crippen molar-refractivity contribution in [1.29, 1.82) is 0 Å². The fourth-order valence-electron chi connectivity index (χ4n) is 1.76. The summed E-state index contributed by atoms with van der Waals surface area (Å²) in [5, 5.41) is 3.22. The van der Waals surface area contributed by atoms with Crippen molar-refractivity contribution in [3.05, 3.63) is 47.2 Å². The number of halogens is 1. The van der Waals surface area contributed by atoms with Crippen molar-refractivity contribution in [1.82, 2.24) is 4.98 Å². The highest BCUT2D eigenvalue weighted by atomic mass is 35.5. The van der Waals surface area contributed by atoms with Gasteiger partial charge in [-0.3, -0.25) is 9.78 Å². The fourth-order valence-corrected chi connectivity index (χ4v) is 2.00. The zero-order valence-corrected chi connectivity index (χ0v) is 12.4. The van der Waals surface area contributed by atoms with Crippen LogP contribution < -0.4 is 15.8 Å². The second kappa shape index (κ2) is 6.95. The van der Waals surface area contributed by atoms with Crippen molar-refractivity contribution in [2.45, 2.75) is 13.3 Å². The highest BCUT2D eigenvalue weighted by molar-refractivity contribution is 6.32. The van der Waals surface area contributed by atoms with Gasteiger partial charge in [-0.2, -0.15) is 0 Å². The number of aromatic nitrogens is 1. The molecule has 2 aromatic rings. The zero-order valence-electron chi connectivity index (χ0n) is 11.6. The Balaban J connectivity index is 1.99. The number of nitrogens with one attached hydrogen (secondary N) is 1. The van der Waals surface area contributed by atoms with Crippen molar-refractivity contribution >= 4 is 28.9 Å². The SMILES string of the molecule is CCOc1ccc(NC(=O)Cc2ccc(N)cn2)cc1Cl. The molecular weight excluding hydrogens is 290 g/mol. The highest BCUT2D eigenvalue weighted by Crippen LogP contribution is 2.27. The van der Waals surface area contributed by atoms with Crippen LogP contribution >= 0.6 is 11.6 Å². The quantitative estimate of drug-likeness (QED) is 0.890. The number of nitrogens with two attached hydrogens (primary N) is 1. The van der Waals surface area contributed by atoms with Crippen LogP contribution in [0.25, 0.3) is 0 Å². The number of ether oxygens (including phenoxy) is 1. The third kappa shape index (κ3) is 4.36. The first kappa shape index (κ1) is 15.1. The van der Waals surface area contributed by atoms with Crippen molar-refractivity contribution < 1.29 is 9.53 Å². The molecular formula is C15H16ClN3O2. The summed E-state index contributed by atoms with van der Waals surface area (Å²) >= 11 is 6.07. The topological polar surface area (TPSA) is 77.2 Å². The van der Waals surface area contributed by atoms with Crippen molar-refractivity contribution in [3.63, 3.8) is 0 Å². The van der Waals surface area contributed by atoms with Crippen LogP contribution in [0.4, 0.5) is 11.4 Å². The van der Waals surface area contributed by atoms with Gasteiger partial charge in [-0.15, -0.1) is 0 Å². The predicted octanol–water partition coefficient (Wildman–Crippen LogP) is 2.90. The van der Waals surface area contributed by atoms with Crippen LogP contribution in [-0.4, -0.2) is 17.5 Å². The van der Waals surface area contributed by atoms with Crippen LogP contribution in [0.5, 0.6) is 5.75 Å². The fraction of sp³-hybridized carbons (Fsp3) is 0.200. The molecule has 0 spiro atoms. The Bertz CT molecular complexity index is 629. The molecule has 1 heterocycles. The minimum atomic E-state index is -0.174. The third-order valence-electron chi connectivity index (χ3n) is 2.70. The molecule has 0 aliphatic rings. The minimum absolute atomic E-state index is 0.172. The van der Waals surface area contributed by atoms with Crippen LogP contribution in [0.3, 0.4) is 0 Å². The Morgan fingerprint density at radius 2 is 2.19 bits per heavy atom. The van der Waals surface area contributed by atoms with E-state index >= 15 is 0 Å². The van der Waals surface area contributed by atoms with Crippen LogP contribution in [-0.2, 0) is 11.2 Å². The average Bonchev–Trinajstić information content (AvgIpc) is 2.44. The maximum atomic E-state index is 11.9. The summed E-state index contributed by atoms with van der Waals surface area (Å²) < 4.78 is 5.34. The van der Waals surface area contributed by atoms with Crippen molar-refractivity contribution in [3.8, 4) is 5.75 Å². The molecule has 0 aliphatic heterocycles. The summed E-state index contributed by atoms with van der Waals surface area (Å²) in [7, 11) is 0. The molecule has 21 heavy (non-hydrogen) atoms. The molecule has 0 unspecified atom stereocenters. The molecule has 0 saturated heterocycles. The van der Waals surface area contributed by atoms with Gasteiger partial charge in [0.15, 0.2) is 0 Å². The van der Waals surface area contributed by atoms with E-state index in [4.69, 9.17) is 22.1 Å². The second-order valence-corrected chi connectivity index (χ2v) is 4.79. The van der Waals surface area contributed by atoms with Crippen LogP contribution in [0.2, 0.25) is 5.02 Å². The molecule has 0 aliphatic carbocycles. The Kier molecular flexibility index (Phi) is 5.00. The number of rotatable bonds is 5. The molecule has 1 aromatic carbocycles. The van der Waals surface area contributed by atoms with Crippen molar-refractivity contribution in [2.24, 2.45) is 0 Å². The van der Waals surface area contributed by atoms with Gasteiger partial charge in [0, 0.05) is 11.4 Å². The van der Waals surface area contributed by atoms with Gasteiger partial charge in [0.1, 0.15) is 5.75 Å². The highest BCUT2D eigenvalue weighted by Gasteiger charge is 2.07. The van der Waals surface area contributed by atoms with Crippen LogP contribution in [0.1, 0.15) is 12.6 Å². The molecule has 0 atom stereocenters. The van der Waals surface area contributed by atoms with Gasteiger partial charge in [-0.05, 0) is 37.3 Å². The lowest BCUT2D eigenvalue weighted by molar-refractivity contribution is -0.115. The maximum Gasteiger partial charge on any atom is 0.230 e. The first-order chi connectivity index (χ1) is 10.1. The molecule has 0 radical (unpaired) electrons. The third-order valence-corrected chi connectivity index (χ3v) is 3.00. The Hall–Kier alpha value is -2.27. The lowest BCUT2D eigenvalue weighted by atomic mass is 10.2. The van der Waals surface area contributed by atoms with Crippen molar-refractivity contribution in [2.75, 3.05) is 17.7 Å². The van der Waals surface area contributed by atoms with E-state index in [2.05, 4.69) is 10.3 Å². The number of carbonyl (C=O) groups excluding carboxylic acids is 1. The molecule has 1 amide bonds. The van der Waals surface area contributed by atoms with Gasteiger partial charge in [0.25, 0.3) is 0 Å². The lowest BCUT2D eigenvalue weighted by Gasteiger charge is -2.09. The molecule has 6 heteroatoms. The van der Waals surface area contributed by atoms with Gasteiger partial charge in [0.2, 0.25) is 5.91 Å². The zero-order chi connectivity index (χ0) is 15.2. The second-order valence-electron chi connectivity index (χ2n) is 4.39. The van der Waals surface area contributed by atoms with E-state index in [1.165, 1.54) is 6.20 Å². The Morgan fingerprint density at radius 1 is 1.38 bits per heavy atom. The van der Waals surface area contributed by atoms with E-state index in [9.17, 15) is 4.79 Å². The number of nitrogen functional groups attached to an aromatic ring is 1. The molecule has 0 saturated carbocycles. The van der Waals surface area contributed by atoms with E-state index in [-0.39, 0.29) is 12.3 Å². The largest absolute Gasteiger partial charge is 0.492 e. The minimum Gasteiger partial charge on any atom is -0.492 e. The average molecular weight is 306 g/mol. The number of hydrogen-bond donors (Lipinski definition) is 2. The summed E-state index contributed by atoms with van der Waals surface area (Å²) in [6.45, 7) is 2.42.